The van der Waals surface area contributed by atoms with Gasteiger partial charge in [-0.05, 0) is 69.7 Å². The van der Waals surface area contributed by atoms with E-state index >= 15 is 0 Å². The Morgan fingerprint density at radius 2 is 1.93 bits per heavy atom. The van der Waals surface area contributed by atoms with Gasteiger partial charge in [-0.3, -0.25) is 10.1 Å². The van der Waals surface area contributed by atoms with Gasteiger partial charge in [0.1, 0.15) is 6.04 Å². The number of hydrogen-bond donors (Lipinski definition) is 2. The van der Waals surface area contributed by atoms with Gasteiger partial charge in [-0.15, -0.1) is 0 Å². The van der Waals surface area contributed by atoms with Crippen molar-refractivity contribution in [3.05, 3.63) is 29.6 Å². The molecule has 1 aliphatic carbocycles. The molecule has 2 aliphatic rings. The first-order valence-corrected chi connectivity index (χ1v) is 11.2. The lowest BCUT2D eigenvalue weighted by Gasteiger charge is -2.18. The summed E-state index contributed by atoms with van der Waals surface area (Å²) in [7, 11) is 0. The zero-order chi connectivity index (χ0) is 21.5. The molecule has 1 saturated carbocycles. The molecule has 1 aliphatic heterocycles. The van der Waals surface area contributed by atoms with E-state index in [0.29, 0.717) is 24.8 Å². The van der Waals surface area contributed by atoms with Gasteiger partial charge in [-0.2, -0.15) is 0 Å². The van der Waals surface area contributed by atoms with Crippen molar-refractivity contribution in [3.63, 3.8) is 0 Å². The molecule has 0 aromatic heterocycles. The Hall–Kier alpha value is -2.15. The fourth-order valence-corrected chi connectivity index (χ4v) is 3.66. The molecule has 1 heterocycles. The zero-order valence-electron chi connectivity index (χ0n) is 18.1. The van der Waals surface area contributed by atoms with Crippen molar-refractivity contribution in [1.82, 2.24) is 15.5 Å². The Kier molecular flexibility index (Phi) is 8.08. The summed E-state index contributed by atoms with van der Waals surface area (Å²) in [5.41, 5.74) is 1.04. The van der Waals surface area contributed by atoms with Crippen molar-refractivity contribution < 1.29 is 18.7 Å². The number of rotatable bonds is 13. The van der Waals surface area contributed by atoms with Crippen LogP contribution in [0.1, 0.15) is 70.4 Å². The number of unbranched alkanes of at least 4 members (excludes halogenated alkanes) is 4. The van der Waals surface area contributed by atoms with E-state index < -0.39 is 0 Å². The van der Waals surface area contributed by atoms with Crippen LogP contribution in [0.15, 0.2) is 18.2 Å². The Morgan fingerprint density at radius 1 is 1.20 bits per heavy atom. The third-order valence-electron chi connectivity index (χ3n) is 5.99. The first kappa shape index (κ1) is 22.5. The quantitative estimate of drug-likeness (QED) is 0.372. The van der Waals surface area contributed by atoms with Crippen LogP contribution in [0, 0.1) is 11.7 Å². The maximum atomic E-state index is 13.9. The second kappa shape index (κ2) is 10.8. The summed E-state index contributed by atoms with van der Waals surface area (Å²) in [6.45, 7) is 5.98. The van der Waals surface area contributed by atoms with Crippen molar-refractivity contribution in [2.45, 2.75) is 70.9 Å². The maximum Gasteiger partial charge on any atom is 0.324 e. The van der Waals surface area contributed by atoms with Crippen molar-refractivity contribution in [3.8, 4) is 5.75 Å². The zero-order valence-corrected chi connectivity index (χ0v) is 18.1. The van der Waals surface area contributed by atoms with Gasteiger partial charge in [-0.1, -0.05) is 25.3 Å². The largest absolute Gasteiger partial charge is 0.490 e. The van der Waals surface area contributed by atoms with Gasteiger partial charge in [-0.25, -0.2) is 9.18 Å². The van der Waals surface area contributed by atoms with Crippen molar-refractivity contribution >= 4 is 11.9 Å². The van der Waals surface area contributed by atoms with Crippen molar-refractivity contribution in [2.75, 3.05) is 19.7 Å². The molecule has 0 radical (unpaired) electrons. The number of carbonyl (C=O) groups is 2. The number of ether oxygens (including phenoxy) is 1. The van der Waals surface area contributed by atoms with Gasteiger partial charge in [0.2, 0.25) is 0 Å². The van der Waals surface area contributed by atoms with Gasteiger partial charge in [0, 0.05) is 12.6 Å². The van der Waals surface area contributed by atoms with Crippen LogP contribution in [-0.2, 0) is 4.79 Å². The van der Waals surface area contributed by atoms with Crippen LogP contribution >= 0.6 is 0 Å². The summed E-state index contributed by atoms with van der Waals surface area (Å²) in [4.78, 5) is 24.7. The van der Waals surface area contributed by atoms with Gasteiger partial charge in [0.15, 0.2) is 11.6 Å². The Morgan fingerprint density at radius 3 is 2.63 bits per heavy atom. The van der Waals surface area contributed by atoms with E-state index in [1.54, 1.807) is 11.8 Å². The van der Waals surface area contributed by atoms with Crippen LogP contribution in [0.3, 0.4) is 0 Å². The second-order valence-corrected chi connectivity index (χ2v) is 8.55. The highest BCUT2D eigenvalue weighted by Gasteiger charge is 2.33. The number of imide groups is 1. The number of amides is 3. The van der Waals surface area contributed by atoms with Crippen LogP contribution < -0.4 is 15.4 Å². The lowest BCUT2D eigenvalue weighted by molar-refractivity contribution is -0.121. The summed E-state index contributed by atoms with van der Waals surface area (Å²) < 4.78 is 19.6. The van der Waals surface area contributed by atoms with Crippen LogP contribution in [0.25, 0.3) is 0 Å². The minimum atomic E-state index is -0.353. The Balaban J connectivity index is 1.27. The summed E-state index contributed by atoms with van der Waals surface area (Å²) in [6, 6.07) is 4.64. The van der Waals surface area contributed by atoms with Gasteiger partial charge in [0.05, 0.1) is 6.61 Å². The topological polar surface area (TPSA) is 70.7 Å². The van der Waals surface area contributed by atoms with E-state index in [1.165, 1.54) is 18.9 Å². The highest BCUT2D eigenvalue weighted by molar-refractivity contribution is 6.03. The highest BCUT2D eigenvalue weighted by atomic mass is 19.1. The fraction of sp³-hybridized carbons (Fsp3) is 0.652. The van der Waals surface area contributed by atoms with Crippen LogP contribution in [0.5, 0.6) is 5.75 Å². The summed E-state index contributed by atoms with van der Waals surface area (Å²) in [6.07, 6.45) is 7.60. The van der Waals surface area contributed by atoms with Gasteiger partial charge in [0.25, 0.3) is 5.91 Å². The van der Waals surface area contributed by atoms with Crippen molar-refractivity contribution in [1.29, 1.82) is 0 Å². The van der Waals surface area contributed by atoms with E-state index in [-0.39, 0.29) is 29.8 Å². The molecule has 3 amide bonds. The maximum absolute atomic E-state index is 13.9. The third-order valence-corrected chi connectivity index (χ3v) is 5.99. The first-order valence-electron chi connectivity index (χ1n) is 11.2. The molecule has 3 rings (SSSR count). The number of carbonyl (C=O) groups excluding carboxylic acids is 2. The third kappa shape index (κ3) is 6.42. The standard InChI is InChI=1S/C23H34FN3O3/c1-16(19-10-11-20(24)21(14-19)30-15-18-8-9-18)25-12-6-4-3-5-7-13-27-17(2)22(28)26-23(27)29/h10-11,14,16-18,25H,3-9,12-13,15H2,1-2H3,(H,26,28,29)/t16-,17+/m1/s1. The summed E-state index contributed by atoms with van der Waals surface area (Å²) >= 11 is 0. The van der Waals surface area contributed by atoms with Gasteiger partial charge < -0.3 is 15.0 Å². The molecule has 166 valence electrons. The number of halogens is 1. The smallest absolute Gasteiger partial charge is 0.324 e. The van der Waals surface area contributed by atoms with E-state index in [1.807, 2.05) is 12.1 Å². The Bertz CT molecular complexity index is 738. The molecule has 2 N–H and O–H groups in total. The molecule has 6 nitrogen and oxygen atoms in total. The molecule has 1 saturated heterocycles. The molecule has 2 fully saturated rings. The number of urea groups is 1. The number of nitrogens with zero attached hydrogens (tertiary/aromatic N) is 1. The SMILES string of the molecule is C[C@@H](NCCCCCCCN1C(=O)NC(=O)[C@@H]1C)c1ccc(F)c(OCC2CC2)c1. The Labute approximate surface area is 178 Å². The summed E-state index contributed by atoms with van der Waals surface area (Å²) in [5, 5.41) is 5.84. The van der Waals surface area contributed by atoms with E-state index in [0.717, 1.165) is 44.2 Å². The average molecular weight is 420 g/mol. The molecule has 0 bridgehead atoms. The van der Waals surface area contributed by atoms with Crippen LogP contribution in [0.2, 0.25) is 0 Å². The predicted octanol–water partition coefficient (Wildman–Crippen LogP) is 4.16. The van der Waals surface area contributed by atoms with E-state index in [4.69, 9.17) is 4.74 Å². The number of benzene rings is 1. The van der Waals surface area contributed by atoms with Crippen LogP contribution in [0.4, 0.5) is 9.18 Å². The number of hydrogen-bond acceptors (Lipinski definition) is 4. The summed E-state index contributed by atoms with van der Waals surface area (Å²) in [5.74, 6) is 0.456. The molecule has 0 spiro atoms. The molecule has 2 atom stereocenters. The highest BCUT2D eigenvalue weighted by Crippen LogP contribution is 2.31. The molecule has 30 heavy (non-hydrogen) atoms. The molecule has 0 unspecified atom stereocenters. The number of nitrogens with one attached hydrogen (secondary N) is 2. The minimum Gasteiger partial charge on any atom is -0.490 e. The fourth-order valence-electron chi connectivity index (χ4n) is 3.66. The van der Waals surface area contributed by atoms with E-state index in [9.17, 15) is 14.0 Å². The lowest BCUT2D eigenvalue weighted by atomic mass is 10.1. The predicted molar refractivity (Wildman–Crippen MR) is 114 cm³/mol. The molecule has 1 aromatic carbocycles. The average Bonchev–Trinajstić information content (AvgIpc) is 3.51. The first-order chi connectivity index (χ1) is 14.5. The lowest BCUT2D eigenvalue weighted by Crippen LogP contribution is -2.33. The normalized spacial score (nSPS) is 19.8. The van der Waals surface area contributed by atoms with E-state index in [2.05, 4.69) is 17.6 Å². The van der Waals surface area contributed by atoms with Gasteiger partial charge >= 0.3 is 6.03 Å². The van der Waals surface area contributed by atoms with Crippen molar-refractivity contribution in [2.24, 2.45) is 5.92 Å². The second-order valence-electron chi connectivity index (χ2n) is 8.55. The van der Waals surface area contributed by atoms with Crippen LogP contribution in [-0.4, -0.2) is 42.6 Å². The molecular weight excluding hydrogens is 385 g/mol. The molecular formula is C23H34FN3O3. The molecule has 7 heteroatoms. The molecule has 1 aromatic rings. The minimum absolute atomic E-state index is 0.140. The monoisotopic (exact) mass is 419 g/mol.